The molecule has 0 aliphatic carbocycles. The highest BCUT2D eigenvalue weighted by Crippen LogP contribution is 2.21. The molecule has 2 N–H and O–H groups in total. The van der Waals surface area contributed by atoms with E-state index in [9.17, 15) is 12.8 Å². The van der Waals surface area contributed by atoms with Gasteiger partial charge >= 0.3 is 0 Å². The molecule has 29 heavy (non-hydrogen) atoms. The van der Waals surface area contributed by atoms with Crippen molar-refractivity contribution in [2.45, 2.75) is 6.04 Å². The number of benzene rings is 1. The highest BCUT2D eigenvalue weighted by atomic mass is 32.2. The van der Waals surface area contributed by atoms with E-state index in [0.29, 0.717) is 38.9 Å². The molecule has 0 bridgehead atoms. The lowest BCUT2D eigenvalue weighted by molar-refractivity contribution is 0.0170. The summed E-state index contributed by atoms with van der Waals surface area (Å²) in [6.07, 6.45) is 1.19. The zero-order chi connectivity index (χ0) is 21.1. The van der Waals surface area contributed by atoms with Crippen LogP contribution < -0.4 is 10.6 Å². The van der Waals surface area contributed by atoms with Gasteiger partial charge in [0.25, 0.3) is 0 Å². The molecule has 0 saturated carbocycles. The van der Waals surface area contributed by atoms with E-state index >= 15 is 0 Å². The van der Waals surface area contributed by atoms with Crippen molar-refractivity contribution in [1.82, 2.24) is 15.5 Å². The number of guanidine groups is 1. The Morgan fingerprint density at radius 3 is 2.55 bits per heavy atom. The number of ether oxygens (including phenoxy) is 2. The summed E-state index contributed by atoms with van der Waals surface area (Å²) in [6.45, 7) is 4.62. The molecule has 1 heterocycles. The van der Waals surface area contributed by atoms with E-state index in [1.807, 2.05) is 12.1 Å². The van der Waals surface area contributed by atoms with E-state index in [1.165, 1.54) is 18.4 Å². The monoisotopic (exact) mass is 430 g/mol. The van der Waals surface area contributed by atoms with Crippen molar-refractivity contribution in [3.63, 3.8) is 0 Å². The molecule has 1 aliphatic heterocycles. The largest absolute Gasteiger partial charge is 0.379 e. The molecule has 10 heteroatoms. The zero-order valence-corrected chi connectivity index (χ0v) is 17.9. The molecule has 1 aliphatic rings. The van der Waals surface area contributed by atoms with Crippen LogP contribution in [-0.2, 0) is 19.3 Å². The maximum atomic E-state index is 13.3. The van der Waals surface area contributed by atoms with Crippen LogP contribution in [0, 0.1) is 5.82 Å². The molecule has 0 spiro atoms. The molecule has 164 valence electrons. The first-order valence-corrected chi connectivity index (χ1v) is 11.7. The fourth-order valence-electron chi connectivity index (χ4n) is 3.00. The van der Waals surface area contributed by atoms with Crippen molar-refractivity contribution in [1.29, 1.82) is 0 Å². The van der Waals surface area contributed by atoms with E-state index < -0.39 is 9.84 Å². The highest BCUT2D eigenvalue weighted by Gasteiger charge is 2.23. The first-order valence-electron chi connectivity index (χ1n) is 9.66. The number of halogens is 1. The summed E-state index contributed by atoms with van der Waals surface area (Å²) in [6, 6.07) is 6.63. The van der Waals surface area contributed by atoms with Gasteiger partial charge in [0.15, 0.2) is 5.96 Å². The van der Waals surface area contributed by atoms with Gasteiger partial charge in [0.05, 0.1) is 38.2 Å². The molecular weight excluding hydrogens is 399 g/mol. The Labute approximate surface area is 172 Å². The summed E-state index contributed by atoms with van der Waals surface area (Å²) >= 11 is 0. The number of rotatable bonds is 10. The van der Waals surface area contributed by atoms with Gasteiger partial charge in [0.1, 0.15) is 15.7 Å². The molecule has 0 amide bonds. The van der Waals surface area contributed by atoms with Crippen molar-refractivity contribution >= 4 is 15.8 Å². The van der Waals surface area contributed by atoms with Gasteiger partial charge in [-0.2, -0.15) is 0 Å². The molecule has 1 unspecified atom stereocenters. The van der Waals surface area contributed by atoms with Gasteiger partial charge in [0.2, 0.25) is 0 Å². The average Bonchev–Trinajstić information content (AvgIpc) is 2.70. The summed E-state index contributed by atoms with van der Waals surface area (Å²) in [4.78, 5) is 6.52. The number of sulfone groups is 1. The third-order valence-corrected chi connectivity index (χ3v) is 5.47. The third-order valence-electron chi connectivity index (χ3n) is 4.56. The van der Waals surface area contributed by atoms with Crippen LogP contribution in [0.5, 0.6) is 0 Å². The van der Waals surface area contributed by atoms with Crippen molar-refractivity contribution in [3.05, 3.63) is 35.6 Å². The molecular formula is C19H31FN4O4S. The summed E-state index contributed by atoms with van der Waals surface area (Å²) in [5.41, 5.74) is 1.03. The molecule has 1 aromatic rings. The maximum absolute atomic E-state index is 13.3. The average molecular weight is 431 g/mol. The minimum absolute atomic E-state index is 0.0128. The summed E-state index contributed by atoms with van der Waals surface area (Å²) in [7, 11) is -1.33. The Bertz CT molecular complexity index is 737. The van der Waals surface area contributed by atoms with Crippen LogP contribution in [0.2, 0.25) is 0 Å². The lowest BCUT2D eigenvalue weighted by atomic mass is 10.0. The van der Waals surface area contributed by atoms with Gasteiger partial charge in [-0.15, -0.1) is 0 Å². The van der Waals surface area contributed by atoms with Crippen LogP contribution >= 0.6 is 0 Å². The fraction of sp³-hybridized carbons (Fsp3) is 0.632. The Balaban J connectivity index is 1.83. The normalized spacial score (nSPS) is 17.1. The van der Waals surface area contributed by atoms with Gasteiger partial charge in [0, 0.05) is 39.5 Å². The van der Waals surface area contributed by atoms with E-state index in [2.05, 4.69) is 20.5 Å². The molecule has 1 saturated heterocycles. The Morgan fingerprint density at radius 1 is 1.24 bits per heavy atom. The lowest BCUT2D eigenvalue weighted by Crippen LogP contribution is -2.46. The number of hydrogen-bond acceptors (Lipinski definition) is 6. The van der Waals surface area contributed by atoms with Crippen LogP contribution in [0.15, 0.2) is 29.3 Å². The predicted octanol–water partition coefficient (Wildman–Crippen LogP) is 0.425. The van der Waals surface area contributed by atoms with Gasteiger partial charge in [-0.1, -0.05) is 12.1 Å². The van der Waals surface area contributed by atoms with E-state index in [0.717, 1.165) is 18.7 Å². The Morgan fingerprint density at radius 2 is 1.93 bits per heavy atom. The smallest absolute Gasteiger partial charge is 0.191 e. The van der Waals surface area contributed by atoms with Gasteiger partial charge in [-0.25, -0.2) is 12.8 Å². The van der Waals surface area contributed by atoms with Crippen LogP contribution in [0.1, 0.15) is 11.6 Å². The summed E-state index contributed by atoms with van der Waals surface area (Å²) in [5.74, 6) is 0.381. The maximum Gasteiger partial charge on any atom is 0.191 e. The molecule has 2 rings (SSSR count). The molecule has 8 nitrogen and oxygen atoms in total. The first-order chi connectivity index (χ1) is 13.9. The van der Waals surface area contributed by atoms with Gasteiger partial charge < -0.3 is 20.1 Å². The number of hydrogen-bond donors (Lipinski definition) is 2. The number of nitrogens with zero attached hydrogens (tertiary/aromatic N) is 2. The fourth-order valence-corrected chi connectivity index (χ4v) is 3.42. The molecule has 0 aromatic heterocycles. The standard InChI is InChI=1S/C19H31FN4O4S/c1-21-19(22-7-10-27-13-14-29(2,25)26)23-15-18(24-8-11-28-12-9-24)16-3-5-17(20)6-4-16/h3-6,18H,7-15H2,1-2H3,(H2,21,22,23). The summed E-state index contributed by atoms with van der Waals surface area (Å²) < 4.78 is 46.3. The summed E-state index contributed by atoms with van der Waals surface area (Å²) in [5, 5.41) is 6.45. The topological polar surface area (TPSA) is 92.3 Å². The van der Waals surface area contributed by atoms with Crippen LogP contribution in [-0.4, -0.2) is 90.9 Å². The second-order valence-electron chi connectivity index (χ2n) is 6.84. The van der Waals surface area contributed by atoms with Crippen molar-refractivity contribution in [2.75, 3.05) is 71.7 Å². The van der Waals surface area contributed by atoms with Crippen molar-refractivity contribution < 1.29 is 22.3 Å². The van der Waals surface area contributed by atoms with Crippen molar-refractivity contribution in [3.8, 4) is 0 Å². The Kier molecular flexibility index (Phi) is 9.79. The van der Waals surface area contributed by atoms with Crippen LogP contribution in [0.4, 0.5) is 4.39 Å². The molecule has 1 fully saturated rings. The van der Waals surface area contributed by atoms with Crippen LogP contribution in [0.25, 0.3) is 0 Å². The highest BCUT2D eigenvalue weighted by molar-refractivity contribution is 7.90. The quantitative estimate of drug-likeness (QED) is 0.316. The molecule has 0 radical (unpaired) electrons. The molecule has 1 atom stereocenters. The van der Waals surface area contributed by atoms with Gasteiger partial charge in [-0.05, 0) is 17.7 Å². The second kappa shape index (κ2) is 12.1. The minimum Gasteiger partial charge on any atom is -0.379 e. The van der Waals surface area contributed by atoms with E-state index in [-0.39, 0.29) is 24.2 Å². The Hall–Kier alpha value is -1.75. The van der Waals surface area contributed by atoms with Gasteiger partial charge in [-0.3, -0.25) is 9.89 Å². The predicted molar refractivity (Wildman–Crippen MR) is 111 cm³/mol. The van der Waals surface area contributed by atoms with E-state index in [1.54, 1.807) is 7.05 Å². The number of aliphatic imine (C=N–C) groups is 1. The SMILES string of the molecule is CN=C(NCCOCCS(C)(=O)=O)NCC(c1ccc(F)cc1)N1CCOCC1. The number of morpholine rings is 1. The van der Waals surface area contributed by atoms with Crippen LogP contribution in [0.3, 0.4) is 0 Å². The first kappa shape index (κ1) is 23.5. The third kappa shape index (κ3) is 9.07. The van der Waals surface area contributed by atoms with E-state index in [4.69, 9.17) is 9.47 Å². The molecule has 1 aromatic carbocycles. The number of nitrogens with one attached hydrogen (secondary N) is 2. The lowest BCUT2D eigenvalue weighted by Gasteiger charge is -2.35. The second-order valence-corrected chi connectivity index (χ2v) is 9.10. The van der Waals surface area contributed by atoms with Crippen molar-refractivity contribution in [2.24, 2.45) is 4.99 Å². The minimum atomic E-state index is -3.01. The zero-order valence-electron chi connectivity index (χ0n) is 17.1.